The summed E-state index contributed by atoms with van der Waals surface area (Å²) in [7, 11) is 0. The predicted octanol–water partition coefficient (Wildman–Crippen LogP) is 1.93. The summed E-state index contributed by atoms with van der Waals surface area (Å²) in [6.07, 6.45) is 3.55. The van der Waals surface area contributed by atoms with Crippen molar-refractivity contribution in [2.24, 2.45) is 0 Å². The minimum Gasteiger partial charge on any atom is -0.352 e. The molecule has 1 atom stereocenters. The summed E-state index contributed by atoms with van der Waals surface area (Å²) >= 11 is 1.58. The van der Waals surface area contributed by atoms with Gasteiger partial charge in [0.2, 0.25) is 0 Å². The highest BCUT2D eigenvalue weighted by molar-refractivity contribution is 7.08. The summed E-state index contributed by atoms with van der Waals surface area (Å²) in [6, 6.07) is 0.601. The van der Waals surface area contributed by atoms with E-state index in [1.807, 2.05) is 17.7 Å². The highest BCUT2D eigenvalue weighted by Crippen LogP contribution is 2.13. The summed E-state index contributed by atoms with van der Waals surface area (Å²) in [5.41, 5.74) is 1.89. The summed E-state index contributed by atoms with van der Waals surface area (Å²) in [5.74, 6) is 0.0664. The lowest BCUT2D eigenvalue weighted by atomic mass is 10.1. The maximum atomic E-state index is 11.8. The van der Waals surface area contributed by atoms with Crippen LogP contribution in [-0.4, -0.2) is 25.0 Å². The van der Waals surface area contributed by atoms with Crippen molar-refractivity contribution in [2.45, 2.75) is 32.2 Å². The molecule has 0 radical (unpaired) electrons. The highest BCUT2D eigenvalue weighted by atomic mass is 32.1. The average Bonchev–Trinajstić information content (AvgIpc) is 2.88. The van der Waals surface area contributed by atoms with Crippen LogP contribution in [0.25, 0.3) is 0 Å². The zero-order valence-electron chi connectivity index (χ0n) is 9.58. The average molecular weight is 238 g/mol. The number of aryl methyl sites for hydroxylation is 1. The van der Waals surface area contributed by atoms with Crippen molar-refractivity contribution < 1.29 is 4.79 Å². The Morgan fingerprint density at radius 1 is 1.62 bits per heavy atom. The van der Waals surface area contributed by atoms with Gasteiger partial charge >= 0.3 is 0 Å². The van der Waals surface area contributed by atoms with E-state index >= 15 is 0 Å². The molecule has 0 aliphatic carbocycles. The van der Waals surface area contributed by atoms with E-state index in [1.165, 1.54) is 12.8 Å². The standard InChI is InChI=1S/C12H18N2OS/c1-9-7-16-8-11(9)12(15)14-6-4-10-3-2-5-13-10/h7-8,10,13H,2-6H2,1H3,(H,14,15)/t10-/m1/s1. The molecule has 88 valence electrons. The fourth-order valence-corrected chi connectivity index (χ4v) is 2.88. The lowest BCUT2D eigenvalue weighted by molar-refractivity contribution is 0.0952. The molecule has 1 aromatic heterocycles. The zero-order valence-corrected chi connectivity index (χ0v) is 10.4. The van der Waals surface area contributed by atoms with Crippen LogP contribution >= 0.6 is 11.3 Å². The molecule has 1 fully saturated rings. The Balaban J connectivity index is 1.73. The number of rotatable bonds is 4. The van der Waals surface area contributed by atoms with E-state index in [-0.39, 0.29) is 5.91 Å². The molecule has 1 saturated heterocycles. The second-order valence-corrected chi connectivity index (χ2v) is 5.05. The predicted molar refractivity (Wildman–Crippen MR) is 67.0 cm³/mol. The van der Waals surface area contributed by atoms with Gasteiger partial charge in [0.25, 0.3) is 5.91 Å². The van der Waals surface area contributed by atoms with Crippen LogP contribution < -0.4 is 10.6 Å². The molecule has 1 aliphatic rings. The van der Waals surface area contributed by atoms with E-state index < -0.39 is 0 Å². The van der Waals surface area contributed by atoms with E-state index in [2.05, 4.69) is 10.6 Å². The SMILES string of the molecule is Cc1cscc1C(=O)NCC[C@H]1CCCN1. The van der Waals surface area contributed by atoms with Gasteiger partial charge in [-0.25, -0.2) is 0 Å². The topological polar surface area (TPSA) is 41.1 Å². The third kappa shape index (κ3) is 2.83. The first-order chi connectivity index (χ1) is 7.77. The van der Waals surface area contributed by atoms with Crippen LogP contribution in [0.5, 0.6) is 0 Å². The van der Waals surface area contributed by atoms with Crippen molar-refractivity contribution in [3.05, 3.63) is 21.9 Å². The number of hydrogen-bond donors (Lipinski definition) is 2. The number of thiophene rings is 1. The van der Waals surface area contributed by atoms with Gasteiger partial charge in [-0.3, -0.25) is 4.79 Å². The Bertz CT molecular complexity index is 356. The smallest absolute Gasteiger partial charge is 0.252 e. The van der Waals surface area contributed by atoms with Crippen molar-refractivity contribution in [3.8, 4) is 0 Å². The minimum absolute atomic E-state index is 0.0664. The van der Waals surface area contributed by atoms with Crippen molar-refractivity contribution in [1.29, 1.82) is 0 Å². The molecule has 0 unspecified atom stereocenters. The largest absolute Gasteiger partial charge is 0.352 e. The Hall–Kier alpha value is -0.870. The molecule has 16 heavy (non-hydrogen) atoms. The number of carbonyl (C=O) groups excluding carboxylic acids is 1. The molecular weight excluding hydrogens is 220 g/mol. The molecule has 1 amide bonds. The van der Waals surface area contributed by atoms with E-state index in [1.54, 1.807) is 11.3 Å². The number of amides is 1. The molecular formula is C12H18N2OS. The molecule has 4 heteroatoms. The van der Waals surface area contributed by atoms with Gasteiger partial charge in [-0.1, -0.05) is 0 Å². The van der Waals surface area contributed by atoms with Crippen LogP contribution in [0.3, 0.4) is 0 Å². The molecule has 0 spiro atoms. The van der Waals surface area contributed by atoms with Crippen LogP contribution in [0.1, 0.15) is 35.2 Å². The normalized spacial score (nSPS) is 19.9. The third-order valence-electron chi connectivity index (χ3n) is 3.04. The van der Waals surface area contributed by atoms with E-state index in [0.29, 0.717) is 6.04 Å². The Kier molecular flexibility index (Phi) is 3.96. The molecule has 2 N–H and O–H groups in total. The van der Waals surface area contributed by atoms with E-state index in [0.717, 1.165) is 30.6 Å². The quantitative estimate of drug-likeness (QED) is 0.841. The Morgan fingerprint density at radius 2 is 2.50 bits per heavy atom. The molecule has 2 heterocycles. The molecule has 0 aromatic carbocycles. The van der Waals surface area contributed by atoms with Crippen LogP contribution in [0.15, 0.2) is 10.8 Å². The summed E-state index contributed by atoms with van der Waals surface area (Å²) in [6.45, 7) is 3.87. The van der Waals surface area contributed by atoms with Gasteiger partial charge in [-0.05, 0) is 43.7 Å². The summed E-state index contributed by atoms with van der Waals surface area (Å²) in [4.78, 5) is 11.8. The van der Waals surface area contributed by atoms with Gasteiger partial charge in [0.15, 0.2) is 0 Å². The molecule has 1 aromatic rings. The molecule has 0 saturated carbocycles. The Morgan fingerprint density at radius 3 is 3.12 bits per heavy atom. The maximum Gasteiger partial charge on any atom is 0.252 e. The van der Waals surface area contributed by atoms with Crippen LogP contribution in [0.4, 0.5) is 0 Å². The van der Waals surface area contributed by atoms with Crippen molar-refractivity contribution >= 4 is 17.2 Å². The van der Waals surface area contributed by atoms with E-state index in [4.69, 9.17) is 0 Å². The van der Waals surface area contributed by atoms with Gasteiger partial charge < -0.3 is 10.6 Å². The third-order valence-corrected chi connectivity index (χ3v) is 3.90. The second-order valence-electron chi connectivity index (χ2n) is 4.31. The van der Waals surface area contributed by atoms with Crippen molar-refractivity contribution in [2.75, 3.05) is 13.1 Å². The lowest BCUT2D eigenvalue weighted by Gasteiger charge is -2.10. The number of carbonyl (C=O) groups is 1. The minimum atomic E-state index is 0.0664. The first kappa shape index (κ1) is 11.6. The first-order valence-electron chi connectivity index (χ1n) is 5.82. The zero-order chi connectivity index (χ0) is 11.4. The van der Waals surface area contributed by atoms with Crippen LogP contribution in [0, 0.1) is 6.92 Å². The number of hydrogen-bond acceptors (Lipinski definition) is 3. The van der Waals surface area contributed by atoms with Gasteiger partial charge in [-0.2, -0.15) is 11.3 Å². The van der Waals surface area contributed by atoms with Crippen LogP contribution in [0.2, 0.25) is 0 Å². The summed E-state index contributed by atoms with van der Waals surface area (Å²) < 4.78 is 0. The second kappa shape index (κ2) is 5.46. The highest BCUT2D eigenvalue weighted by Gasteiger charge is 2.14. The van der Waals surface area contributed by atoms with Gasteiger partial charge in [0.1, 0.15) is 0 Å². The molecule has 1 aliphatic heterocycles. The first-order valence-corrected chi connectivity index (χ1v) is 6.76. The van der Waals surface area contributed by atoms with Gasteiger partial charge in [0, 0.05) is 18.0 Å². The Labute approximate surface area is 100 Å². The number of nitrogens with one attached hydrogen (secondary N) is 2. The fourth-order valence-electron chi connectivity index (χ4n) is 2.05. The molecule has 3 nitrogen and oxygen atoms in total. The monoisotopic (exact) mass is 238 g/mol. The summed E-state index contributed by atoms with van der Waals surface area (Å²) in [5, 5.41) is 10.3. The van der Waals surface area contributed by atoms with Crippen molar-refractivity contribution in [3.63, 3.8) is 0 Å². The maximum absolute atomic E-state index is 11.8. The lowest BCUT2D eigenvalue weighted by Crippen LogP contribution is -2.30. The van der Waals surface area contributed by atoms with E-state index in [9.17, 15) is 4.79 Å². The van der Waals surface area contributed by atoms with Gasteiger partial charge in [0.05, 0.1) is 5.56 Å². The molecule has 0 bridgehead atoms. The fraction of sp³-hybridized carbons (Fsp3) is 0.583. The molecule has 2 rings (SSSR count). The van der Waals surface area contributed by atoms with Crippen LogP contribution in [-0.2, 0) is 0 Å². The van der Waals surface area contributed by atoms with Crippen molar-refractivity contribution in [1.82, 2.24) is 10.6 Å². The van der Waals surface area contributed by atoms with Gasteiger partial charge in [-0.15, -0.1) is 0 Å².